The zero-order valence-electron chi connectivity index (χ0n) is 18.3. The van der Waals surface area contributed by atoms with Crippen molar-refractivity contribution in [3.63, 3.8) is 0 Å². The number of amides is 1. The molecule has 168 valence electrons. The molecule has 1 unspecified atom stereocenters. The summed E-state index contributed by atoms with van der Waals surface area (Å²) in [4.78, 5) is 17.1. The van der Waals surface area contributed by atoms with E-state index < -0.39 is 17.1 Å². The van der Waals surface area contributed by atoms with Crippen LogP contribution in [0.4, 0.5) is 0 Å². The molecular formula is C25H28N2O5. The number of likely N-dealkylation sites (tertiary alicyclic amines) is 1. The first-order valence-corrected chi connectivity index (χ1v) is 11.3. The number of nitrogens with zero attached hydrogens (tertiary/aromatic N) is 2. The van der Waals surface area contributed by atoms with Gasteiger partial charge in [0.25, 0.3) is 0 Å². The minimum Gasteiger partial charge on any atom is -0.504 e. The van der Waals surface area contributed by atoms with E-state index in [4.69, 9.17) is 9.15 Å². The van der Waals surface area contributed by atoms with Crippen molar-refractivity contribution in [2.75, 3.05) is 20.6 Å². The number of furan rings is 1. The van der Waals surface area contributed by atoms with Crippen molar-refractivity contribution in [3.05, 3.63) is 53.5 Å². The largest absolute Gasteiger partial charge is 0.504 e. The second-order valence-corrected chi connectivity index (χ2v) is 9.78. The Morgan fingerprint density at radius 1 is 1.31 bits per heavy atom. The second kappa shape index (κ2) is 6.62. The predicted octanol–water partition coefficient (Wildman–Crippen LogP) is 2.31. The minimum absolute atomic E-state index is 0.00622. The number of hydrogen-bond donors (Lipinski definition) is 2. The second-order valence-electron chi connectivity index (χ2n) is 9.78. The number of aromatic hydroxyl groups is 1. The minimum atomic E-state index is -0.955. The molecule has 1 aromatic heterocycles. The molecule has 7 heteroatoms. The highest BCUT2D eigenvalue weighted by atomic mass is 16.5. The highest BCUT2D eigenvalue weighted by Crippen LogP contribution is 2.65. The molecule has 3 heterocycles. The van der Waals surface area contributed by atoms with Gasteiger partial charge in [0.1, 0.15) is 6.10 Å². The normalized spacial score (nSPS) is 34.9. The van der Waals surface area contributed by atoms with Gasteiger partial charge < -0.3 is 29.2 Å². The van der Waals surface area contributed by atoms with Crippen LogP contribution >= 0.6 is 0 Å². The summed E-state index contributed by atoms with van der Waals surface area (Å²) in [5.74, 6) is 0.484. The lowest BCUT2D eigenvalue weighted by Crippen LogP contribution is -2.77. The average Bonchev–Trinajstić information content (AvgIpc) is 3.41. The molecule has 32 heavy (non-hydrogen) atoms. The van der Waals surface area contributed by atoms with Crippen LogP contribution in [0.5, 0.6) is 11.5 Å². The predicted molar refractivity (Wildman–Crippen MR) is 117 cm³/mol. The van der Waals surface area contributed by atoms with E-state index in [0.717, 1.165) is 36.1 Å². The highest BCUT2D eigenvalue weighted by molar-refractivity contribution is 5.91. The van der Waals surface area contributed by atoms with Crippen LogP contribution in [0.15, 0.2) is 41.2 Å². The van der Waals surface area contributed by atoms with Gasteiger partial charge in [-0.3, -0.25) is 4.79 Å². The molecule has 2 bridgehead atoms. The number of ether oxygens (including phenoxy) is 1. The maximum absolute atomic E-state index is 13.1. The number of piperidine rings is 1. The fraction of sp³-hybridized carbons (Fsp3) is 0.480. The van der Waals surface area contributed by atoms with E-state index in [9.17, 15) is 15.0 Å². The lowest BCUT2D eigenvalue weighted by Gasteiger charge is -2.64. The molecule has 5 atom stereocenters. The van der Waals surface area contributed by atoms with Gasteiger partial charge in [-0.25, -0.2) is 0 Å². The van der Waals surface area contributed by atoms with Gasteiger partial charge in [-0.05, 0) is 63.0 Å². The summed E-state index contributed by atoms with van der Waals surface area (Å²) in [7, 11) is 3.88. The Kier molecular flexibility index (Phi) is 4.11. The summed E-state index contributed by atoms with van der Waals surface area (Å²) in [5.41, 5.74) is 1.35. The Labute approximate surface area is 186 Å². The van der Waals surface area contributed by atoms with Crippen LogP contribution in [0, 0.1) is 0 Å². The van der Waals surface area contributed by atoms with Gasteiger partial charge in [0.15, 0.2) is 11.5 Å². The van der Waals surface area contributed by atoms with Crippen molar-refractivity contribution >= 4 is 12.0 Å². The van der Waals surface area contributed by atoms with E-state index in [1.54, 1.807) is 48.8 Å². The van der Waals surface area contributed by atoms with Crippen LogP contribution < -0.4 is 4.74 Å². The number of rotatable bonds is 3. The third-order valence-electron chi connectivity index (χ3n) is 8.51. The van der Waals surface area contributed by atoms with E-state index in [0.29, 0.717) is 18.6 Å². The van der Waals surface area contributed by atoms with Crippen LogP contribution in [0.2, 0.25) is 0 Å². The summed E-state index contributed by atoms with van der Waals surface area (Å²) in [6, 6.07) is 5.25. The van der Waals surface area contributed by atoms with Gasteiger partial charge in [0, 0.05) is 30.3 Å². The Bertz CT molecular complexity index is 1110. The molecular weight excluding hydrogens is 408 g/mol. The smallest absolute Gasteiger partial charge is 0.246 e. The van der Waals surface area contributed by atoms with Crippen LogP contribution in [0.25, 0.3) is 6.08 Å². The standard InChI is InChI=1S/C25H28N2O5/c1-26-11-10-24-21-16-4-5-18(28)22(21)32-23(24)17(7-9-25(24,30)19(26)13-16)27(2)20(29)6-3-15-8-12-31-14-15/h3-6,8,12,14,17,19,23,28,30H,7,9-11,13H2,1-2H3/b6-3+/t17-,19+,23-,24-,25?/m0/s1. The van der Waals surface area contributed by atoms with Crippen molar-refractivity contribution < 1.29 is 24.2 Å². The maximum atomic E-state index is 13.1. The molecule has 1 aromatic carbocycles. The number of phenols is 1. The van der Waals surface area contributed by atoms with Crippen LogP contribution in [0.3, 0.4) is 0 Å². The van der Waals surface area contributed by atoms with Crippen molar-refractivity contribution in [1.82, 2.24) is 9.80 Å². The van der Waals surface area contributed by atoms with Crippen LogP contribution in [0.1, 0.15) is 36.0 Å². The summed E-state index contributed by atoms with van der Waals surface area (Å²) >= 11 is 0. The molecule has 0 radical (unpaired) electrons. The number of phenolic OH excluding ortho intramolecular Hbond substituents is 1. The lowest BCUT2D eigenvalue weighted by atomic mass is 9.48. The zero-order valence-corrected chi connectivity index (χ0v) is 18.3. The molecule has 2 aliphatic carbocycles. The first-order valence-electron chi connectivity index (χ1n) is 11.3. The fourth-order valence-electron chi connectivity index (χ4n) is 6.94. The fourth-order valence-corrected chi connectivity index (χ4v) is 6.94. The Balaban J connectivity index is 1.42. The molecule has 2 fully saturated rings. The summed E-state index contributed by atoms with van der Waals surface area (Å²) in [6.07, 6.45) is 8.73. The summed E-state index contributed by atoms with van der Waals surface area (Å²) in [5, 5.41) is 22.9. The van der Waals surface area contributed by atoms with Crippen molar-refractivity contribution in [2.24, 2.45) is 0 Å². The van der Waals surface area contributed by atoms with E-state index in [1.807, 2.05) is 6.07 Å². The Hall–Kier alpha value is -2.77. The Morgan fingerprint density at radius 2 is 2.16 bits per heavy atom. The quantitative estimate of drug-likeness (QED) is 0.719. The molecule has 6 rings (SSSR count). The first kappa shape index (κ1) is 19.9. The molecule has 2 aromatic rings. The summed E-state index contributed by atoms with van der Waals surface area (Å²) < 4.78 is 11.6. The molecule has 1 spiro atoms. The number of likely N-dealkylation sites (N-methyl/N-ethyl adjacent to an activating group) is 2. The molecule has 7 nitrogen and oxygen atoms in total. The molecule has 1 amide bonds. The number of carbonyl (C=O) groups is 1. The highest BCUT2D eigenvalue weighted by Gasteiger charge is 2.73. The van der Waals surface area contributed by atoms with Gasteiger partial charge in [-0.1, -0.05) is 6.07 Å². The number of carbonyl (C=O) groups excluding carboxylic acids is 1. The Morgan fingerprint density at radius 3 is 2.94 bits per heavy atom. The van der Waals surface area contributed by atoms with Crippen LogP contribution in [-0.4, -0.2) is 70.3 Å². The van der Waals surface area contributed by atoms with Crippen LogP contribution in [-0.2, 0) is 16.6 Å². The van der Waals surface area contributed by atoms with Gasteiger partial charge in [-0.15, -0.1) is 0 Å². The molecule has 2 N–H and O–H groups in total. The van der Waals surface area contributed by atoms with Gasteiger partial charge >= 0.3 is 0 Å². The van der Waals surface area contributed by atoms with Gasteiger partial charge in [-0.2, -0.15) is 0 Å². The molecule has 1 saturated carbocycles. The topological polar surface area (TPSA) is 86.4 Å². The van der Waals surface area contributed by atoms with E-state index in [1.165, 1.54) is 0 Å². The van der Waals surface area contributed by atoms with E-state index in [-0.39, 0.29) is 23.7 Å². The molecule has 2 aliphatic heterocycles. The van der Waals surface area contributed by atoms with Gasteiger partial charge in [0.2, 0.25) is 5.91 Å². The third-order valence-corrected chi connectivity index (χ3v) is 8.51. The average molecular weight is 437 g/mol. The number of hydrogen-bond acceptors (Lipinski definition) is 6. The maximum Gasteiger partial charge on any atom is 0.246 e. The summed E-state index contributed by atoms with van der Waals surface area (Å²) in [6.45, 7) is 0.839. The van der Waals surface area contributed by atoms with Crippen molar-refractivity contribution in [3.8, 4) is 11.5 Å². The zero-order chi connectivity index (χ0) is 22.3. The number of benzene rings is 1. The van der Waals surface area contributed by atoms with Crippen molar-refractivity contribution in [1.29, 1.82) is 0 Å². The lowest BCUT2D eigenvalue weighted by molar-refractivity contribution is -0.195. The number of aliphatic hydroxyl groups is 1. The van der Waals surface area contributed by atoms with Gasteiger partial charge in [0.05, 0.1) is 29.6 Å². The molecule has 1 saturated heterocycles. The SMILES string of the molecule is CN1CC[C@]23c4c5ccc(O)c4O[C@H]2[C@@H](N(C)C(=O)/C=C/c2ccoc2)CCC3(O)[C@H]1C5. The molecule has 4 aliphatic rings. The first-order chi connectivity index (χ1) is 15.4. The third kappa shape index (κ3) is 2.35. The van der Waals surface area contributed by atoms with E-state index in [2.05, 4.69) is 11.9 Å². The van der Waals surface area contributed by atoms with E-state index >= 15 is 0 Å². The van der Waals surface area contributed by atoms with Crippen molar-refractivity contribution in [2.45, 2.75) is 54.9 Å². The monoisotopic (exact) mass is 436 g/mol.